The molecule has 3 aromatic rings. The number of rotatable bonds is 8. The molecule has 0 unspecified atom stereocenters. The Bertz CT molecular complexity index is 1030. The Morgan fingerprint density at radius 3 is 2.37 bits per heavy atom. The second kappa shape index (κ2) is 9.13. The molecule has 0 heterocycles. The van der Waals surface area contributed by atoms with Crippen LogP contribution in [0.25, 0.3) is 0 Å². The van der Waals surface area contributed by atoms with Gasteiger partial charge in [-0.2, -0.15) is 0 Å². The zero-order valence-electron chi connectivity index (χ0n) is 16.3. The van der Waals surface area contributed by atoms with Gasteiger partial charge in [0.05, 0.1) is 0 Å². The number of ether oxygens (including phenoxy) is 2. The number of carbonyl (C=O) groups is 2. The lowest BCUT2D eigenvalue weighted by atomic mass is 10.2. The molecule has 0 saturated heterocycles. The summed E-state index contributed by atoms with van der Waals surface area (Å²) in [6.07, 6.45) is 2.05. The smallest absolute Gasteiger partial charge is 0.262 e. The molecule has 30 heavy (non-hydrogen) atoms. The van der Waals surface area contributed by atoms with E-state index in [1.807, 2.05) is 36.4 Å². The van der Waals surface area contributed by atoms with Gasteiger partial charge in [0.25, 0.3) is 11.8 Å². The number of nitrogens with one attached hydrogen (secondary N) is 2. The van der Waals surface area contributed by atoms with Crippen molar-refractivity contribution >= 4 is 17.5 Å². The molecule has 1 fully saturated rings. The fourth-order valence-electron chi connectivity index (χ4n) is 2.83. The van der Waals surface area contributed by atoms with E-state index in [0.29, 0.717) is 22.7 Å². The molecule has 1 saturated carbocycles. The molecule has 152 valence electrons. The van der Waals surface area contributed by atoms with Gasteiger partial charge in [-0.25, -0.2) is 0 Å². The summed E-state index contributed by atoms with van der Waals surface area (Å²) >= 11 is 0. The van der Waals surface area contributed by atoms with Crippen LogP contribution >= 0.6 is 0 Å². The zero-order valence-corrected chi connectivity index (χ0v) is 16.3. The molecular weight excluding hydrogens is 380 g/mol. The van der Waals surface area contributed by atoms with Crippen LogP contribution in [0.15, 0.2) is 78.9 Å². The maximum atomic E-state index is 12.3. The molecule has 6 heteroatoms. The van der Waals surface area contributed by atoms with Gasteiger partial charge in [0.1, 0.15) is 17.2 Å². The van der Waals surface area contributed by atoms with Crippen molar-refractivity contribution in [1.82, 2.24) is 5.32 Å². The quantitative estimate of drug-likeness (QED) is 0.586. The van der Waals surface area contributed by atoms with Gasteiger partial charge in [-0.1, -0.05) is 30.3 Å². The van der Waals surface area contributed by atoms with Gasteiger partial charge in [0.15, 0.2) is 6.61 Å². The first-order chi connectivity index (χ1) is 14.7. The first-order valence-electron chi connectivity index (χ1n) is 9.82. The molecule has 1 aliphatic carbocycles. The van der Waals surface area contributed by atoms with Crippen LogP contribution in [0, 0.1) is 0 Å². The van der Waals surface area contributed by atoms with E-state index in [1.54, 1.807) is 42.5 Å². The first-order valence-corrected chi connectivity index (χ1v) is 9.82. The van der Waals surface area contributed by atoms with Crippen molar-refractivity contribution in [3.8, 4) is 17.2 Å². The van der Waals surface area contributed by atoms with Gasteiger partial charge in [-0.15, -0.1) is 0 Å². The molecule has 6 nitrogen and oxygen atoms in total. The number of carbonyl (C=O) groups excluding carboxylic acids is 2. The third-order valence-electron chi connectivity index (χ3n) is 4.48. The molecule has 0 bridgehead atoms. The Balaban J connectivity index is 1.30. The number of anilines is 1. The van der Waals surface area contributed by atoms with E-state index in [1.165, 1.54) is 0 Å². The van der Waals surface area contributed by atoms with Crippen molar-refractivity contribution in [1.29, 1.82) is 0 Å². The number of hydrogen-bond donors (Lipinski definition) is 2. The fraction of sp³-hybridized carbons (Fsp3) is 0.167. The largest absolute Gasteiger partial charge is 0.484 e. The lowest BCUT2D eigenvalue weighted by Crippen LogP contribution is -2.25. The molecule has 0 radical (unpaired) electrons. The highest BCUT2D eigenvalue weighted by Gasteiger charge is 2.23. The van der Waals surface area contributed by atoms with Crippen LogP contribution in [-0.2, 0) is 4.79 Å². The van der Waals surface area contributed by atoms with Crippen molar-refractivity contribution in [2.45, 2.75) is 18.9 Å². The van der Waals surface area contributed by atoms with Gasteiger partial charge in [0, 0.05) is 23.4 Å². The number of hydrogen-bond acceptors (Lipinski definition) is 4. The summed E-state index contributed by atoms with van der Waals surface area (Å²) in [7, 11) is 0. The van der Waals surface area contributed by atoms with Crippen LogP contribution in [0.4, 0.5) is 5.69 Å². The van der Waals surface area contributed by atoms with Crippen LogP contribution in [0.2, 0.25) is 0 Å². The normalized spacial score (nSPS) is 12.7. The van der Waals surface area contributed by atoms with Crippen LogP contribution in [0.5, 0.6) is 17.2 Å². The number of benzene rings is 3. The standard InChI is InChI=1S/C24H22N2O4/c27-23(16-29-21-10-4-6-17(14-21)24(28)26-18-12-13-18)25-19-7-5-11-22(15-19)30-20-8-2-1-3-9-20/h1-11,14-15,18H,12-13,16H2,(H,25,27)(H,26,28). The number of amides is 2. The molecule has 0 aliphatic heterocycles. The van der Waals surface area contributed by atoms with E-state index in [-0.39, 0.29) is 24.5 Å². The lowest BCUT2D eigenvalue weighted by Gasteiger charge is -2.10. The minimum Gasteiger partial charge on any atom is -0.484 e. The van der Waals surface area contributed by atoms with Gasteiger partial charge < -0.3 is 20.1 Å². The van der Waals surface area contributed by atoms with Gasteiger partial charge in [0.2, 0.25) is 0 Å². The van der Waals surface area contributed by atoms with Crippen molar-refractivity contribution in [3.63, 3.8) is 0 Å². The van der Waals surface area contributed by atoms with Crippen molar-refractivity contribution in [2.75, 3.05) is 11.9 Å². The summed E-state index contributed by atoms with van der Waals surface area (Å²) in [5, 5.41) is 5.72. The summed E-state index contributed by atoms with van der Waals surface area (Å²) in [5.74, 6) is 1.38. The van der Waals surface area contributed by atoms with Crippen LogP contribution in [-0.4, -0.2) is 24.5 Å². The zero-order chi connectivity index (χ0) is 20.8. The van der Waals surface area contributed by atoms with Crippen LogP contribution in [0.1, 0.15) is 23.2 Å². The highest BCUT2D eigenvalue weighted by Crippen LogP contribution is 2.24. The maximum absolute atomic E-state index is 12.3. The molecule has 4 rings (SSSR count). The molecule has 0 aromatic heterocycles. The monoisotopic (exact) mass is 402 g/mol. The number of para-hydroxylation sites is 1. The SMILES string of the molecule is O=C(COc1cccc(C(=O)NC2CC2)c1)Nc1cccc(Oc2ccccc2)c1. The fourth-order valence-corrected chi connectivity index (χ4v) is 2.83. The van der Waals surface area contributed by atoms with Gasteiger partial charge in [-0.3, -0.25) is 9.59 Å². The predicted molar refractivity (Wildman–Crippen MR) is 114 cm³/mol. The van der Waals surface area contributed by atoms with Crippen molar-refractivity contribution in [2.24, 2.45) is 0 Å². The second-order valence-electron chi connectivity index (χ2n) is 7.06. The summed E-state index contributed by atoms with van der Waals surface area (Å²) < 4.78 is 11.3. The highest BCUT2D eigenvalue weighted by atomic mass is 16.5. The van der Waals surface area contributed by atoms with Crippen LogP contribution in [0.3, 0.4) is 0 Å². The van der Waals surface area contributed by atoms with Crippen molar-refractivity contribution in [3.05, 3.63) is 84.4 Å². The molecule has 2 amide bonds. The van der Waals surface area contributed by atoms with E-state index in [0.717, 1.165) is 18.6 Å². The molecule has 0 spiro atoms. The molecule has 1 aliphatic rings. The predicted octanol–water partition coefficient (Wildman–Crippen LogP) is 4.39. The van der Waals surface area contributed by atoms with Gasteiger partial charge >= 0.3 is 0 Å². The van der Waals surface area contributed by atoms with E-state index in [9.17, 15) is 9.59 Å². The maximum Gasteiger partial charge on any atom is 0.262 e. The molecular formula is C24H22N2O4. The lowest BCUT2D eigenvalue weighted by molar-refractivity contribution is -0.118. The average Bonchev–Trinajstić information content (AvgIpc) is 3.57. The molecule has 2 N–H and O–H groups in total. The Morgan fingerprint density at radius 1 is 0.833 bits per heavy atom. The molecule has 0 atom stereocenters. The molecule has 3 aromatic carbocycles. The Morgan fingerprint density at radius 2 is 1.57 bits per heavy atom. The third kappa shape index (κ3) is 5.61. The summed E-state index contributed by atoms with van der Waals surface area (Å²) in [6, 6.07) is 23.7. The summed E-state index contributed by atoms with van der Waals surface area (Å²) in [6.45, 7) is -0.169. The third-order valence-corrected chi connectivity index (χ3v) is 4.48. The van der Waals surface area contributed by atoms with E-state index in [4.69, 9.17) is 9.47 Å². The van der Waals surface area contributed by atoms with Crippen LogP contribution < -0.4 is 20.1 Å². The van der Waals surface area contributed by atoms with Gasteiger partial charge in [-0.05, 0) is 55.3 Å². The summed E-state index contributed by atoms with van der Waals surface area (Å²) in [4.78, 5) is 24.4. The minimum atomic E-state index is -0.306. The topological polar surface area (TPSA) is 76.7 Å². The van der Waals surface area contributed by atoms with E-state index < -0.39 is 0 Å². The second-order valence-corrected chi connectivity index (χ2v) is 7.06. The van der Waals surface area contributed by atoms with E-state index in [2.05, 4.69) is 10.6 Å². The van der Waals surface area contributed by atoms with E-state index >= 15 is 0 Å². The highest BCUT2D eigenvalue weighted by molar-refractivity contribution is 5.95. The Hall–Kier alpha value is -3.80. The minimum absolute atomic E-state index is 0.123. The Kier molecular flexibility index (Phi) is 5.94. The van der Waals surface area contributed by atoms with Crippen molar-refractivity contribution < 1.29 is 19.1 Å². The Labute approximate surface area is 174 Å². The summed E-state index contributed by atoms with van der Waals surface area (Å²) in [5.41, 5.74) is 1.13. The average molecular weight is 402 g/mol. The first kappa shape index (κ1) is 19.5.